The molecule has 4 nitrogen and oxygen atoms in total. The molecule has 18 heavy (non-hydrogen) atoms. The minimum Gasteiger partial charge on any atom is -0.332 e. The molecule has 0 amide bonds. The Balaban J connectivity index is 2.01. The van der Waals surface area contributed by atoms with Crippen molar-refractivity contribution in [2.24, 2.45) is 5.92 Å². The molecule has 0 spiro atoms. The van der Waals surface area contributed by atoms with Crippen LogP contribution in [-0.2, 0) is 12.3 Å². The third-order valence-corrected chi connectivity index (χ3v) is 2.90. The number of hydrogen-bond donors (Lipinski definition) is 1. The van der Waals surface area contributed by atoms with Crippen molar-refractivity contribution in [1.82, 2.24) is 15.5 Å². The lowest BCUT2D eigenvalue weighted by molar-refractivity contribution is -0.152. The maximum atomic E-state index is 12.9. The van der Waals surface area contributed by atoms with Gasteiger partial charge >= 0.3 is 18.2 Å². The van der Waals surface area contributed by atoms with Crippen LogP contribution in [0.5, 0.6) is 0 Å². The van der Waals surface area contributed by atoms with Gasteiger partial charge in [0, 0.05) is 6.42 Å². The summed E-state index contributed by atoms with van der Waals surface area (Å²) in [6.45, 7) is 1.67. The topological polar surface area (TPSA) is 51.0 Å². The van der Waals surface area contributed by atoms with Crippen LogP contribution in [0.4, 0.5) is 17.6 Å². The molecule has 1 aromatic heterocycles. The van der Waals surface area contributed by atoms with Crippen molar-refractivity contribution >= 4 is 0 Å². The minimum absolute atomic E-state index is 0.0547. The van der Waals surface area contributed by atoms with Crippen LogP contribution < -0.4 is 5.32 Å². The highest BCUT2D eigenvalue weighted by atomic mass is 19.3. The van der Waals surface area contributed by atoms with Crippen LogP contribution in [0.3, 0.4) is 0 Å². The summed E-state index contributed by atoms with van der Waals surface area (Å²) in [5.74, 6) is -5.41. The van der Waals surface area contributed by atoms with Gasteiger partial charge < -0.3 is 9.84 Å². The molecule has 102 valence electrons. The Morgan fingerprint density at radius 3 is 2.83 bits per heavy atom. The number of hydrogen-bond acceptors (Lipinski definition) is 4. The fraction of sp³-hybridized carbons (Fsp3) is 0.800. The highest BCUT2D eigenvalue weighted by molar-refractivity contribution is 4.96. The predicted octanol–water partition coefficient (Wildman–Crippen LogP) is 1.97. The number of halogens is 4. The van der Waals surface area contributed by atoms with E-state index in [9.17, 15) is 17.6 Å². The molecule has 1 aliphatic heterocycles. The zero-order chi connectivity index (χ0) is 13.2. The molecule has 2 heterocycles. The summed E-state index contributed by atoms with van der Waals surface area (Å²) >= 11 is 0. The lowest BCUT2D eigenvalue weighted by Crippen LogP contribution is -2.31. The first-order valence-electron chi connectivity index (χ1n) is 5.70. The van der Waals surface area contributed by atoms with Crippen molar-refractivity contribution in [3.63, 3.8) is 0 Å². The van der Waals surface area contributed by atoms with E-state index in [1.54, 1.807) is 0 Å². The van der Waals surface area contributed by atoms with Gasteiger partial charge in [0.15, 0.2) is 5.82 Å². The summed E-state index contributed by atoms with van der Waals surface area (Å²) in [5, 5.41) is 6.49. The fourth-order valence-electron chi connectivity index (χ4n) is 1.92. The Hall–Kier alpha value is -1.18. The van der Waals surface area contributed by atoms with Crippen molar-refractivity contribution in [2.45, 2.75) is 31.6 Å². The Kier molecular flexibility index (Phi) is 3.84. The third-order valence-electron chi connectivity index (χ3n) is 2.90. The largest absolute Gasteiger partial charge is 0.383 e. The van der Waals surface area contributed by atoms with Crippen LogP contribution in [0.15, 0.2) is 4.52 Å². The molecule has 2 rings (SSSR count). The molecule has 1 aromatic rings. The number of alkyl halides is 4. The first-order chi connectivity index (χ1) is 8.50. The number of nitrogens with one attached hydrogen (secondary N) is 1. The van der Waals surface area contributed by atoms with Gasteiger partial charge in [-0.05, 0) is 31.8 Å². The van der Waals surface area contributed by atoms with Crippen molar-refractivity contribution in [2.75, 3.05) is 13.1 Å². The van der Waals surface area contributed by atoms with Gasteiger partial charge in [-0.15, -0.1) is 0 Å². The van der Waals surface area contributed by atoms with Crippen LogP contribution in [-0.4, -0.2) is 29.7 Å². The average molecular weight is 267 g/mol. The number of rotatable bonds is 4. The summed E-state index contributed by atoms with van der Waals surface area (Å²) in [6.07, 6.45) is -1.57. The maximum absolute atomic E-state index is 12.9. The lowest BCUT2D eigenvalue weighted by Gasteiger charge is -2.20. The van der Waals surface area contributed by atoms with Crippen molar-refractivity contribution in [1.29, 1.82) is 0 Å². The number of piperidine rings is 1. The Morgan fingerprint density at radius 1 is 1.44 bits per heavy atom. The normalized spacial score (nSPS) is 21.5. The fourth-order valence-corrected chi connectivity index (χ4v) is 1.92. The van der Waals surface area contributed by atoms with E-state index in [4.69, 9.17) is 0 Å². The summed E-state index contributed by atoms with van der Waals surface area (Å²) in [6, 6.07) is 0. The second-order valence-corrected chi connectivity index (χ2v) is 4.36. The molecule has 1 N–H and O–H groups in total. The van der Waals surface area contributed by atoms with Gasteiger partial charge in [0.2, 0.25) is 0 Å². The molecule has 1 fully saturated rings. The van der Waals surface area contributed by atoms with Crippen molar-refractivity contribution < 1.29 is 22.1 Å². The van der Waals surface area contributed by atoms with Crippen LogP contribution in [0.2, 0.25) is 0 Å². The van der Waals surface area contributed by atoms with E-state index in [2.05, 4.69) is 20.0 Å². The predicted molar refractivity (Wildman–Crippen MR) is 53.5 cm³/mol. The van der Waals surface area contributed by atoms with Crippen LogP contribution in [0.25, 0.3) is 0 Å². The molecule has 0 radical (unpaired) electrons. The van der Waals surface area contributed by atoms with Crippen molar-refractivity contribution in [3.8, 4) is 0 Å². The molecule has 0 bridgehead atoms. The van der Waals surface area contributed by atoms with Gasteiger partial charge in [-0.2, -0.15) is 13.8 Å². The highest BCUT2D eigenvalue weighted by Gasteiger charge is 2.48. The molecule has 1 saturated heterocycles. The lowest BCUT2D eigenvalue weighted by atomic mass is 9.96. The molecule has 0 aromatic carbocycles. The van der Waals surface area contributed by atoms with E-state index in [1.807, 2.05) is 0 Å². The molecule has 1 aliphatic rings. The van der Waals surface area contributed by atoms with Crippen LogP contribution >= 0.6 is 0 Å². The molecule has 0 aliphatic carbocycles. The number of nitrogens with zero attached hydrogens (tertiary/aromatic N) is 2. The van der Waals surface area contributed by atoms with Gasteiger partial charge in [0.05, 0.1) is 0 Å². The molecule has 1 unspecified atom stereocenters. The first kappa shape index (κ1) is 13.3. The second-order valence-electron chi connectivity index (χ2n) is 4.36. The standard InChI is InChI=1S/C10H13F4N3O/c11-8(12)10(13,14)9-16-7(17-18-9)4-6-2-1-3-15-5-6/h6,8,15H,1-5H2. The Morgan fingerprint density at radius 2 is 2.22 bits per heavy atom. The Bertz CT molecular complexity index is 390. The maximum Gasteiger partial charge on any atom is 0.383 e. The van der Waals surface area contributed by atoms with Gasteiger partial charge in [-0.25, -0.2) is 8.78 Å². The zero-order valence-electron chi connectivity index (χ0n) is 9.50. The van der Waals surface area contributed by atoms with Gasteiger partial charge in [-0.1, -0.05) is 5.16 Å². The van der Waals surface area contributed by atoms with Gasteiger partial charge in [0.1, 0.15) is 0 Å². The van der Waals surface area contributed by atoms with E-state index >= 15 is 0 Å². The zero-order valence-corrected chi connectivity index (χ0v) is 9.50. The van der Waals surface area contributed by atoms with E-state index in [0.29, 0.717) is 6.42 Å². The molecule has 0 saturated carbocycles. The summed E-state index contributed by atoms with van der Waals surface area (Å²) in [4.78, 5) is 3.36. The Labute approximate surface area is 101 Å². The first-order valence-corrected chi connectivity index (χ1v) is 5.70. The molecular weight excluding hydrogens is 254 g/mol. The summed E-state index contributed by atoms with van der Waals surface area (Å²) < 4.78 is 54.2. The minimum atomic E-state index is -4.38. The van der Waals surface area contributed by atoms with Crippen LogP contribution in [0, 0.1) is 5.92 Å². The van der Waals surface area contributed by atoms with Gasteiger partial charge in [0.25, 0.3) is 0 Å². The smallest absolute Gasteiger partial charge is 0.332 e. The monoisotopic (exact) mass is 267 g/mol. The average Bonchev–Trinajstić information content (AvgIpc) is 2.79. The van der Waals surface area contributed by atoms with E-state index in [0.717, 1.165) is 25.9 Å². The van der Waals surface area contributed by atoms with E-state index < -0.39 is 18.2 Å². The number of aromatic nitrogens is 2. The molecular formula is C10H13F4N3O. The van der Waals surface area contributed by atoms with E-state index in [1.165, 1.54) is 0 Å². The van der Waals surface area contributed by atoms with Crippen LogP contribution in [0.1, 0.15) is 24.6 Å². The summed E-state index contributed by atoms with van der Waals surface area (Å²) in [7, 11) is 0. The molecule has 1 atom stereocenters. The summed E-state index contributed by atoms with van der Waals surface area (Å²) in [5.41, 5.74) is 0. The van der Waals surface area contributed by atoms with E-state index in [-0.39, 0.29) is 11.7 Å². The van der Waals surface area contributed by atoms with Gasteiger partial charge in [-0.3, -0.25) is 0 Å². The highest BCUT2D eigenvalue weighted by Crippen LogP contribution is 2.33. The second kappa shape index (κ2) is 5.21. The quantitative estimate of drug-likeness (QED) is 0.847. The SMILES string of the molecule is FC(F)C(F)(F)c1nc(CC2CCCNC2)no1. The molecule has 8 heteroatoms. The van der Waals surface area contributed by atoms with Crippen molar-refractivity contribution in [3.05, 3.63) is 11.7 Å². The third kappa shape index (κ3) is 2.80.